The van der Waals surface area contributed by atoms with Crippen LogP contribution in [-0.4, -0.2) is 143 Å². The second-order valence-electron chi connectivity index (χ2n) is 12.2. The number of rotatable bonds is 15. The van der Waals surface area contributed by atoms with Gasteiger partial charge in [0.2, 0.25) is 12.6 Å². The molecule has 2 saturated heterocycles. The summed E-state index contributed by atoms with van der Waals surface area (Å²) in [5, 5.41) is 71.8. The van der Waals surface area contributed by atoms with Crippen molar-refractivity contribution in [3.63, 3.8) is 0 Å². The Hall–Kier alpha value is -3.88. The van der Waals surface area contributed by atoms with E-state index in [0.29, 0.717) is 12.2 Å². The van der Waals surface area contributed by atoms with Gasteiger partial charge in [-0.15, -0.1) is 13.2 Å². The first kappa shape index (κ1) is 40.9. The van der Waals surface area contributed by atoms with Crippen molar-refractivity contribution in [3.8, 4) is 11.5 Å². The molecule has 0 bridgehead atoms. The molecule has 13 atom stereocenters. The molecule has 3 aliphatic rings. The largest absolute Gasteiger partial charge is 0.493 e. The summed E-state index contributed by atoms with van der Waals surface area (Å²) >= 11 is 0. The van der Waals surface area contributed by atoms with Gasteiger partial charge < -0.3 is 73.6 Å². The van der Waals surface area contributed by atoms with Crippen LogP contribution in [0.5, 0.6) is 11.5 Å². The van der Waals surface area contributed by atoms with Crippen molar-refractivity contribution in [2.24, 2.45) is 11.8 Å². The maximum atomic E-state index is 12.8. The number of esters is 2. The van der Waals surface area contributed by atoms with E-state index in [1.54, 1.807) is 24.3 Å². The first-order chi connectivity index (χ1) is 24.9. The van der Waals surface area contributed by atoms with E-state index in [1.807, 2.05) is 0 Å². The van der Waals surface area contributed by atoms with Crippen LogP contribution in [0.1, 0.15) is 12.0 Å². The molecule has 0 aliphatic carbocycles. The fourth-order valence-electron chi connectivity index (χ4n) is 5.84. The lowest BCUT2D eigenvalue weighted by Gasteiger charge is -2.42. The second-order valence-corrected chi connectivity index (χ2v) is 12.2. The maximum Gasteiger partial charge on any atom is 0.337 e. The molecule has 288 valence electrons. The van der Waals surface area contributed by atoms with Crippen LogP contribution in [-0.2, 0) is 44.4 Å². The third kappa shape index (κ3) is 9.37. The lowest BCUT2D eigenvalue weighted by Crippen LogP contribution is -2.60. The molecule has 1 aromatic rings. The number of aliphatic hydroxyl groups excluding tert-OH is 7. The second kappa shape index (κ2) is 18.7. The number of carbonyl (C=O) groups excluding carboxylic acids is 2. The lowest BCUT2D eigenvalue weighted by atomic mass is 9.83. The Labute approximate surface area is 299 Å². The molecule has 13 unspecified atom stereocenters. The van der Waals surface area contributed by atoms with Crippen molar-refractivity contribution < 1.29 is 83.2 Å². The number of hydrogen-bond acceptors (Lipinski definition) is 17. The van der Waals surface area contributed by atoms with Crippen molar-refractivity contribution in [1.82, 2.24) is 0 Å². The van der Waals surface area contributed by atoms with Crippen LogP contribution in [0.25, 0.3) is 0 Å². The van der Waals surface area contributed by atoms with Crippen molar-refractivity contribution in [3.05, 3.63) is 73.1 Å². The van der Waals surface area contributed by atoms with E-state index in [2.05, 4.69) is 13.2 Å². The van der Waals surface area contributed by atoms with E-state index in [4.69, 9.17) is 37.9 Å². The van der Waals surface area contributed by atoms with Gasteiger partial charge in [0.25, 0.3) is 0 Å². The molecule has 3 aliphatic heterocycles. The zero-order valence-corrected chi connectivity index (χ0v) is 28.6. The minimum absolute atomic E-state index is 0.0231. The fraction of sp³-hybridized carbons (Fsp3) is 0.543. The average Bonchev–Trinajstić information content (AvgIpc) is 3.14. The normalized spacial score (nSPS) is 34.8. The minimum atomic E-state index is -1.73. The topological polar surface area (TPSA) is 250 Å². The number of methoxy groups -OCH3 is 2. The first-order valence-electron chi connectivity index (χ1n) is 16.4. The minimum Gasteiger partial charge on any atom is -0.493 e. The molecule has 4 rings (SSSR count). The summed E-state index contributed by atoms with van der Waals surface area (Å²) in [6.07, 6.45) is -9.60. The molecule has 52 heavy (non-hydrogen) atoms. The Balaban J connectivity index is 1.40. The summed E-state index contributed by atoms with van der Waals surface area (Å²) in [6.45, 7) is 6.27. The molecule has 0 saturated carbocycles. The summed E-state index contributed by atoms with van der Waals surface area (Å²) in [5.41, 5.74) is 0.907. The predicted octanol–water partition coefficient (Wildman–Crippen LogP) is -1.25. The standard InChI is InChI=1S/C35H46O17/c1-5-8-17-11-12-21(22(13-17)45-3)49-34-30(42)29(41)27(39)24(51-34)16-47-25(37)10-7-9-19-18(6-2)33(48-15-20(19)32(44)46-4)52-35-31(43)28(40)26(38)23(14-36)50-35/h5-7,9,11-13,15,18-19,23-24,26-31,33-36,38-43H,1-2,8,10,14,16H2,3-4H3. The smallest absolute Gasteiger partial charge is 0.337 e. The molecule has 3 heterocycles. The Morgan fingerprint density at radius 2 is 1.54 bits per heavy atom. The van der Waals surface area contributed by atoms with Crippen LogP contribution in [0, 0.1) is 11.8 Å². The van der Waals surface area contributed by atoms with Crippen LogP contribution in [0.15, 0.2) is 67.5 Å². The van der Waals surface area contributed by atoms with Crippen LogP contribution in [0.3, 0.4) is 0 Å². The van der Waals surface area contributed by atoms with E-state index in [9.17, 15) is 45.3 Å². The number of aliphatic hydroxyl groups is 7. The fourth-order valence-corrected chi connectivity index (χ4v) is 5.84. The van der Waals surface area contributed by atoms with Gasteiger partial charge in [-0.2, -0.15) is 0 Å². The van der Waals surface area contributed by atoms with Crippen LogP contribution in [0.4, 0.5) is 0 Å². The number of hydrogen-bond donors (Lipinski definition) is 7. The Morgan fingerprint density at radius 3 is 2.17 bits per heavy atom. The first-order valence-corrected chi connectivity index (χ1v) is 16.4. The molecular weight excluding hydrogens is 692 g/mol. The van der Waals surface area contributed by atoms with E-state index < -0.39 is 105 Å². The van der Waals surface area contributed by atoms with Gasteiger partial charge in [0.05, 0.1) is 45.0 Å². The van der Waals surface area contributed by atoms with Crippen molar-refractivity contribution in [1.29, 1.82) is 0 Å². The molecule has 0 amide bonds. The average molecular weight is 739 g/mol. The molecule has 0 spiro atoms. The number of benzene rings is 1. The molecule has 17 heteroatoms. The van der Waals surface area contributed by atoms with Gasteiger partial charge in [-0.05, 0) is 24.1 Å². The third-order valence-corrected chi connectivity index (χ3v) is 8.78. The van der Waals surface area contributed by atoms with Gasteiger partial charge in [0.15, 0.2) is 17.8 Å². The highest BCUT2D eigenvalue weighted by Gasteiger charge is 2.48. The Kier molecular flexibility index (Phi) is 14.7. The molecule has 0 radical (unpaired) electrons. The molecule has 7 N–H and O–H groups in total. The lowest BCUT2D eigenvalue weighted by molar-refractivity contribution is -0.338. The molecule has 17 nitrogen and oxygen atoms in total. The van der Waals surface area contributed by atoms with Gasteiger partial charge in [0.1, 0.15) is 55.4 Å². The SMILES string of the molecule is C=CCc1ccc(OC2OC(COC(=O)CC=CC3C(C(=O)OC)=COC(OC4OC(CO)C(O)C(O)C4O)C3C=C)C(O)C(O)C2O)c(OC)c1. The molecular formula is C35H46O17. The van der Waals surface area contributed by atoms with Gasteiger partial charge in [-0.3, -0.25) is 4.79 Å². The summed E-state index contributed by atoms with van der Waals surface area (Å²) in [7, 11) is 2.58. The number of allylic oxidation sites excluding steroid dienone is 2. The summed E-state index contributed by atoms with van der Waals surface area (Å²) in [5.74, 6) is -2.75. The quantitative estimate of drug-likeness (QED) is 0.0820. The molecule has 0 aromatic heterocycles. The monoisotopic (exact) mass is 738 g/mol. The Morgan fingerprint density at radius 1 is 0.865 bits per heavy atom. The number of ether oxygens (including phenoxy) is 8. The van der Waals surface area contributed by atoms with E-state index in [-0.39, 0.29) is 17.7 Å². The van der Waals surface area contributed by atoms with Crippen molar-refractivity contribution in [2.45, 2.75) is 80.5 Å². The third-order valence-electron chi connectivity index (χ3n) is 8.78. The van der Waals surface area contributed by atoms with Gasteiger partial charge >= 0.3 is 11.9 Å². The highest BCUT2D eigenvalue weighted by Crippen LogP contribution is 2.36. The van der Waals surface area contributed by atoms with Crippen LogP contribution >= 0.6 is 0 Å². The van der Waals surface area contributed by atoms with E-state index in [0.717, 1.165) is 18.9 Å². The van der Waals surface area contributed by atoms with Gasteiger partial charge in [0, 0.05) is 5.92 Å². The molecule has 2 fully saturated rings. The highest BCUT2D eigenvalue weighted by atomic mass is 16.8. The molecule has 1 aromatic carbocycles. The van der Waals surface area contributed by atoms with Crippen LogP contribution < -0.4 is 9.47 Å². The van der Waals surface area contributed by atoms with Crippen molar-refractivity contribution in [2.75, 3.05) is 27.4 Å². The van der Waals surface area contributed by atoms with Crippen molar-refractivity contribution >= 4 is 11.9 Å². The Bertz CT molecular complexity index is 1440. The summed E-state index contributed by atoms with van der Waals surface area (Å²) in [6, 6.07) is 5.05. The van der Waals surface area contributed by atoms with E-state index in [1.165, 1.54) is 25.3 Å². The summed E-state index contributed by atoms with van der Waals surface area (Å²) < 4.78 is 43.7. The van der Waals surface area contributed by atoms with Gasteiger partial charge in [-0.25, -0.2) is 4.79 Å². The maximum absolute atomic E-state index is 12.8. The summed E-state index contributed by atoms with van der Waals surface area (Å²) in [4.78, 5) is 25.4. The zero-order valence-electron chi connectivity index (χ0n) is 28.6. The zero-order chi connectivity index (χ0) is 38.1. The number of carbonyl (C=O) groups is 2. The van der Waals surface area contributed by atoms with Crippen LogP contribution in [0.2, 0.25) is 0 Å². The highest BCUT2D eigenvalue weighted by molar-refractivity contribution is 5.89. The van der Waals surface area contributed by atoms with Gasteiger partial charge in [-0.1, -0.05) is 30.4 Å². The predicted molar refractivity (Wildman–Crippen MR) is 176 cm³/mol. The van der Waals surface area contributed by atoms with E-state index >= 15 is 0 Å².